The fourth-order valence-corrected chi connectivity index (χ4v) is 2.10. The molecule has 21 heavy (non-hydrogen) atoms. The molecule has 0 saturated heterocycles. The van der Waals surface area contributed by atoms with Crippen LogP contribution in [0.5, 0.6) is 0 Å². The molecule has 0 N–H and O–H groups in total. The van der Waals surface area contributed by atoms with Gasteiger partial charge in [-0.15, -0.1) is 5.54 Å². The van der Waals surface area contributed by atoms with Crippen molar-refractivity contribution in [3.05, 3.63) is 41.2 Å². The van der Waals surface area contributed by atoms with Crippen LogP contribution in [0.25, 0.3) is 5.57 Å². The third-order valence-corrected chi connectivity index (χ3v) is 3.57. The van der Waals surface area contributed by atoms with E-state index < -0.39 is 14.0 Å². The van der Waals surface area contributed by atoms with Crippen molar-refractivity contribution in [2.45, 2.75) is 33.5 Å². The van der Waals surface area contributed by atoms with Gasteiger partial charge in [0, 0.05) is 0 Å². The van der Waals surface area contributed by atoms with Gasteiger partial charge in [-0.1, -0.05) is 37.7 Å². The molecule has 0 aliphatic carbocycles. The maximum absolute atomic E-state index is 13.0. The van der Waals surface area contributed by atoms with Crippen molar-refractivity contribution >= 4 is 19.6 Å². The summed E-state index contributed by atoms with van der Waals surface area (Å²) >= 11 is 0. The molecule has 0 saturated carbocycles. The number of allylic oxidation sites excluding steroid dienone is 1. The Kier molecular flexibility index (Phi) is 5.92. The van der Waals surface area contributed by atoms with Crippen LogP contribution in [0.2, 0.25) is 19.6 Å². The highest BCUT2D eigenvalue weighted by Gasteiger charge is 2.15. The summed E-state index contributed by atoms with van der Waals surface area (Å²) in [5, 5.41) is 0. The van der Waals surface area contributed by atoms with Crippen LogP contribution in [0.4, 0.5) is 4.39 Å². The first-order valence-electron chi connectivity index (χ1n) is 6.91. The molecule has 0 unspecified atom stereocenters. The van der Waals surface area contributed by atoms with Crippen LogP contribution in [0.1, 0.15) is 19.4 Å². The van der Waals surface area contributed by atoms with E-state index in [1.165, 1.54) is 12.1 Å². The zero-order valence-electron chi connectivity index (χ0n) is 13.2. The number of hydrogen-bond donors (Lipinski definition) is 0. The molecule has 0 radical (unpaired) electrons. The molecular weight excluding hydrogens is 283 g/mol. The van der Waals surface area contributed by atoms with E-state index in [1.807, 2.05) is 0 Å². The van der Waals surface area contributed by atoms with E-state index in [-0.39, 0.29) is 5.82 Å². The molecule has 1 aromatic carbocycles. The first-order valence-corrected chi connectivity index (χ1v) is 10.4. The van der Waals surface area contributed by atoms with Gasteiger partial charge in [0.15, 0.2) is 0 Å². The second-order valence-corrected chi connectivity index (χ2v) is 10.5. The first kappa shape index (κ1) is 17.2. The third kappa shape index (κ3) is 5.56. The number of carbonyl (C=O) groups excluding carboxylic acids is 1. The molecule has 1 aromatic rings. The Labute approximate surface area is 127 Å². The minimum Gasteiger partial charge on any atom is -0.462 e. The third-order valence-electron chi connectivity index (χ3n) is 2.69. The van der Waals surface area contributed by atoms with E-state index in [0.717, 1.165) is 5.56 Å². The Hall–Kier alpha value is -1.86. The Bertz CT molecular complexity index is 598. The van der Waals surface area contributed by atoms with E-state index in [0.29, 0.717) is 17.8 Å². The van der Waals surface area contributed by atoms with Crippen LogP contribution in [0.3, 0.4) is 0 Å². The molecule has 4 heteroatoms. The highest BCUT2D eigenvalue weighted by molar-refractivity contribution is 6.84. The number of rotatable bonds is 3. The molecule has 0 atom stereocenters. The van der Waals surface area contributed by atoms with Gasteiger partial charge in [0.05, 0.1) is 6.61 Å². The second kappa shape index (κ2) is 7.23. The van der Waals surface area contributed by atoms with Crippen LogP contribution in [0.15, 0.2) is 29.8 Å². The highest BCUT2D eigenvalue weighted by Crippen LogP contribution is 2.19. The van der Waals surface area contributed by atoms with E-state index in [9.17, 15) is 9.18 Å². The first-order chi connectivity index (χ1) is 9.74. The lowest BCUT2D eigenvalue weighted by atomic mass is 10.0. The van der Waals surface area contributed by atoms with E-state index in [4.69, 9.17) is 4.74 Å². The van der Waals surface area contributed by atoms with Gasteiger partial charge in [0.25, 0.3) is 0 Å². The summed E-state index contributed by atoms with van der Waals surface area (Å²) in [7, 11) is -1.61. The Morgan fingerprint density at radius 2 is 1.81 bits per heavy atom. The summed E-state index contributed by atoms with van der Waals surface area (Å²) < 4.78 is 18.1. The van der Waals surface area contributed by atoms with Gasteiger partial charge < -0.3 is 4.74 Å². The standard InChI is InChI=1S/C17H21FO2Si/c1-6-20-17(19)16(11-12-21(3,4)5)13(2)14-7-9-15(18)10-8-14/h7-10H,6H2,1-5H3/b16-13-. The summed E-state index contributed by atoms with van der Waals surface area (Å²) in [5.74, 6) is 2.25. The molecule has 0 aromatic heterocycles. The van der Waals surface area contributed by atoms with Crippen LogP contribution >= 0.6 is 0 Å². The molecule has 0 fully saturated rings. The van der Waals surface area contributed by atoms with Gasteiger partial charge >= 0.3 is 5.97 Å². The van der Waals surface area contributed by atoms with Crippen molar-refractivity contribution in [2.24, 2.45) is 0 Å². The fourth-order valence-electron chi connectivity index (χ4n) is 1.60. The van der Waals surface area contributed by atoms with Crippen molar-refractivity contribution in [1.29, 1.82) is 0 Å². The van der Waals surface area contributed by atoms with Crippen molar-refractivity contribution in [2.75, 3.05) is 6.61 Å². The zero-order chi connectivity index (χ0) is 16.0. The maximum atomic E-state index is 13.0. The van der Waals surface area contributed by atoms with Crippen molar-refractivity contribution in [1.82, 2.24) is 0 Å². The highest BCUT2D eigenvalue weighted by atomic mass is 28.3. The smallest absolute Gasteiger partial charge is 0.346 e. The van der Waals surface area contributed by atoms with Crippen LogP contribution < -0.4 is 0 Å². The van der Waals surface area contributed by atoms with Gasteiger partial charge in [-0.2, -0.15) is 0 Å². The number of esters is 1. The van der Waals surface area contributed by atoms with Crippen LogP contribution in [0, 0.1) is 17.3 Å². The number of ether oxygens (including phenoxy) is 1. The molecular formula is C17H21FO2Si. The summed E-state index contributed by atoms with van der Waals surface area (Å²) in [6.45, 7) is 10.2. The fraction of sp³-hybridized carbons (Fsp3) is 0.353. The SMILES string of the molecule is CCOC(=O)/C(C#C[Si](C)(C)C)=C(/C)c1ccc(F)cc1. The van der Waals surface area contributed by atoms with E-state index >= 15 is 0 Å². The van der Waals surface area contributed by atoms with Crippen molar-refractivity contribution < 1.29 is 13.9 Å². The van der Waals surface area contributed by atoms with Gasteiger partial charge in [0.1, 0.15) is 19.5 Å². The average molecular weight is 304 g/mol. The van der Waals surface area contributed by atoms with Gasteiger partial charge in [-0.3, -0.25) is 0 Å². The van der Waals surface area contributed by atoms with Crippen molar-refractivity contribution in [3.8, 4) is 11.5 Å². The Morgan fingerprint density at radius 3 is 2.29 bits per heavy atom. The summed E-state index contributed by atoms with van der Waals surface area (Å²) in [6.07, 6.45) is 0. The lowest BCUT2D eigenvalue weighted by Crippen LogP contribution is -2.17. The Morgan fingerprint density at radius 1 is 1.24 bits per heavy atom. The minimum atomic E-state index is -1.61. The lowest BCUT2D eigenvalue weighted by molar-refractivity contribution is -0.137. The average Bonchev–Trinajstić information content (AvgIpc) is 2.38. The molecule has 0 aliphatic heterocycles. The van der Waals surface area contributed by atoms with E-state index in [1.54, 1.807) is 26.0 Å². The molecule has 0 heterocycles. The number of halogens is 1. The topological polar surface area (TPSA) is 26.3 Å². The Balaban J connectivity index is 3.32. The maximum Gasteiger partial charge on any atom is 0.346 e. The lowest BCUT2D eigenvalue weighted by Gasteiger charge is -2.09. The van der Waals surface area contributed by atoms with Crippen LogP contribution in [-0.2, 0) is 9.53 Å². The number of benzene rings is 1. The zero-order valence-corrected chi connectivity index (χ0v) is 14.2. The second-order valence-electron chi connectivity index (χ2n) is 5.73. The quantitative estimate of drug-likeness (QED) is 0.364. The molecule has 0 amide bonds. The normalized spacial score (nSPS) is 12.1. The summed E-state index contributed by atoms with van der Waals surface area (Å²) in [4.78, 5) is 12.1. The molecule has 0 bridgehead atoms. The number of hydrogen-bond acceptors (Lipinski definition) is 2. The largest absolute Gasteiger partial charge is 0.462 e. The summed E-state index contributed by atoms with van der Waals surface area (Å²) in [5.41, 5.74) is 5.01. The van der Waals surface area contributed by atoms with E-state index in [2.05, 4.69) is 31.1 Å². The molecule has 1 rings (SSSR count). The van der Waals surface area contributed by atoms with Gasteiger partial charge in [0.2, 0.25) is 0 Å². The van der Waals surface area contributed by atoms with Gasteiger partial charge in [-0.25, -0.2) is 9.18 Å². The minimum absolute atomic E-state index is 0.299. The molecule has 0 spiro atoms. The molecule has 0 aliphatic rings. The molecule has 2 nitrogen and oxygen atoms in total. The predicted octanol–water partition coefficient (Wildman–Crippen LogP) is 4.04. The van der Waals surface area contributed by atoms with Crippen molar-refractivity contribution in [3.63, 3.8) is 0 Å². The predicted molar refractivity (Wildman–Crippen MR) is 86.7 cm³/mol. The monoisotopic (exact) mass is 304 g/mol. The summed E-state index contributed by atoms with van der Waals surface area (Å²) in [6, 6.07) is 6.02. The number of carbonyl (C=O) groups is 1. The van der Waals surface area contributed by atoms with Gasteiger partial charge in [-0.05, 0) is 37.1 Å². The molecule has 112 valence electrons. The van der Waals surface area contributed by atoms with Crippen LogP contribution in [-0.4, -0.2) is 20.7 Å².